The first kappa shape index (κ1) is 10.0. The van der Waals surface area contributed by atoms with E-state index in [1.54, 1.807) is 0 Å². The summed E-state index contributed by atoms with van der Waals surface area (Å²) in [5.74, 6) is 0. The van der Waals surface area contributed by atoms with Crippen molar-refractivity contribution in [1.29, 1.82) is 0 Å². The van der Waals surface area contributed by atoms with Crippen molar-refractivity contribution in [3.8, 4) is 0 Å². The molecule has 13 heavy (non-hydrogen) atoms. The van der Waals surface area contributed by atoms with Crippen molar-refractivity contribution >= 4 is 5.69 Å². The molecule has 1 aromatic rings. The number of hydrogen-bond donors (Lipinski definition) is 3. The molecule has 3 nitrogen and oxygen atoms in total. The molecule has 0 aliphatic rings. The SMILES string of the molecule is Cc1c(CCN)ccc(NO)c1C. The van der Waals surface area contributed by atoms with Gasteiger partial charge in [-0.2, -0.15) is 0 Å². The van der Waals surface area contributed by atoms with Crippen LogP contribution in [0.15, 0.2) is 12.1 Å². The van der Waals surface area contributed by atoms with Gasteiger partial charge in [-0.15, -0.1) is 0 Å². The Morgan fingerprint density at radius 2 is 2.00 bits per heavy atom. The largest absolute Gasteiger partial charge is 0.330 e. The second kappa shape index (κ2) is 4.25. The highest BCUT2D eigenvalue weighted by atomic mass is 16.5. The Morgan fingerprint density at radius 1 is 1.31 bits per heavy atom. The van der Waals surface area contributed by atoms with Crippen LogP contribution in [0.5, 0.6) is 0 Å². The van der Waals surface area contributed by atoms with Crippen molar-refractivity contribution in [1.82, 2.24) is 0 Å². The third-order valence-electron chi connectivity index (χ3n) is 2.43. The van der Waals surface area contributed by atoms with E-state index in [0.29, 0.717) is 6.54 Å². The molecule has 0 radical (unpaired) electrons. The summed E-state index contributed by atoms with van der Waals surface area (Å²) in [7, 11) is 0. The number of rotatable bonds is 3. The summed E-state index contributed by atoms with van der Waals surface area (Å²) in [6.45, 7) is 4.68. The van der Waals surface area contributed by atoms with Crippen LogP contribution in [0.2, 0.25) is 0 Å². The summed E-state index contributed by atoms with van der Waals surface area (Å²) in [6, 6.07) is 3.86. The number of anilines is 1. The van der Waals surface area contributed by atoms with Crippen LogP contribution in [0.4, 0.5) is 5.69 Å². The van der Waals surface area contributed by atoms with E-state index in [9.17, 15) is 0 Å². The average molecular weight is 180 g/mol. The molecule has 0 unspecified atom stereocenters. The minimum absolute atomic E-state index is 0.659. The second-order valence-electron chi connectivity index (χ2n) is 3.17. The van der Waals surface area contributed by atoms with Crippen LogP contribution in [-0.2, 0) is 6.42 Å². The fourth-order valence-electron chi connectivity index (χ4n) is 1.42. The Labute approximate surface area is 78.5 Å². The molecule has 0 aliphatic carbocycles. The van der Waals surface area contributed by atoms with Crippen LogP contribution < -0.4 is 11.2 Å². The molecule has 0 heterocycles. The molecule has 0 fully saturated rings. The second-order valence-corrected chi connectivity index (χ2v) is 3.17. The molecule has 4 N–H and O–H groups in total. The predicted molar refractivity (Wildman–Crippen MR) is 54.1 cm³/mol. The molecule has 0 aliphatic heterocycles. The molecule has 1 aromatic carbocycles. The first-order valence-electron chi connectivity index (χ1n) is 4.40. The van der Waals surface area contributed by atoms with E-state index in [0.717, 1.165) is 17.7 Å². The van der Waals surface area contributed by atoms with Crippen molar-refractivity contribution in [2.75, 3.05) is 12.0 Å². The zero-order valence-corrected chi connectivity index (χ0v) is 8.09. The molecule has 1 rings (SSSR count). The summed E-state index contributed by atoms with van der Waals surface area (Å²) in [6.07, 6.45) is 0.887. The Morgan fingerprint density at radius 3 is 2.54 bits per heavy atom. The summed E-state index contributed by atoms with van der Waals surface area (Å²) in [5, 5.41) is 8.79. The third-order valence-corrected chi connectivity index (χ3v) is 2.43. The van der Waals surface area contributed by atoms with E-state index in [-0.39, 0.29) is 0 Å². The number of benzene rings is 1. The van der Waals surface area contributed by atoms with Gasteiger partial charge < -0.3 is 5.73 Å². The van der Waals surface area contributed by atoms with Crippen LogP contribution in [0.1, 0.15) is 16.7 Å². The Kier molecular flexibility index (Phi) is 3.28. The van der Waals surface area contributed by atoms with Gasteiger partial charge in [0.2, 0.25) is 0 Å². The monoisotopic (exact) mass is 180 g/mol. The van der Waals surface area contributed by atoms with Crippen molar-refractivity contribution < 1.29 is 5.21 Å². The average Bonchev–Trinajstić information content (AvgIpc) is 2.14. The zero-order valence-electron chi connectivity index (χ0n) is 8.09. The maximum absolute atomic E-state index is 8.79. The van der Waals surface area contributed by atoms with Crippen LogP contribution in [0.3, 0.4) is 0 Å². The first-order chi connectivity index (χ1) is 6.20. The Hall–Kier alpha value is -1.06. The lowest BCUT2D eigenvalue weighted by molar-refractivity contribution is 0.388. The van der Waals surface area contributed by atoms with Gasteiger partial charge >= 0.3 is 0 Å². The number of hydrogen-bond acceptors (Lipinski definition) is 3. The van der Waals surface area contributed by atoms with Crippen LogP contribution in [0.25, 0.3) is 0 Å². The molecule has 0 amide bonds. The number of nitrogens with two attached hydrogens (primary N) is 1. The molecule has 0 spiro atoms. The van der Waals surface area contributed by atoms with Gasteiger partial charge in [-0.1, -0.05) is 6.07 Å². The van der Waals surface area contributed by atoms with Gasteiger partial charge in [-0.3, -0.25) is 10.7 Å². The smallest absolute Gasteiger partial charge is 0.0634 e. The van der Waals surface area contributed by atoms with Gasteiger partial charge in [-0.05, 0) is 49.6 Å². The topological polar surface area (TPSA) is 58.3 Å². The van der Waals surface area contributed by atoms with Crippen molar-refractivity contribution in [3.63, 3.8) is 0 Å². The van der Waals surface area contributed by atoms with Crippen LogP contribution >= 0.6 is 0 Å². The van der Waals surface area contributed by atoms with E-state index in [1.165, 1.54) is 11.1 Å². The highest BCUT2D eigenvalue weighted by molar-refractivity contribution is 5.54. The van der Waals surface area contributed by atoms with Gasteiger partial charge in [0, 0.05) is 0 Å². The molecule has 0 saturated carbocycles. The third kappa shape index (κ3) is 1.99. The molecule has 72 valence electrons. The van der Waals surface area contributed by atoms with Gasteiger partial charge in [0.25, 0.3) is 0 Å². The van der Waals surface area contributed by atoms with Crippen LogP contribution in [-0.4, -0.2) is 11.8 Å². The molecular weight excluding hydrogens is 164 g/mol. The maximum atomic E-state index is 8.79. The minimum Gasteiger partial charge on any atom is -0.330 e. The molecule has 3 heteroatoms. The molecule has 0 bridgehead atoms. The van der Waals surface area contributed by atoms with E-state index in [1.807, 2.05) is 26.0 Å². The highest BCUT2D eigenvalue weighted by Crippen LogP contribution is 2.21. The number of nitrogens with one attached hydrogen (secondary N) is 1. The standard InChI is InChI=1S/C10H16N2O/c1-7-8(2)10(12-13)4-3-9(7)5-6-11/h3-4,12-13H,5-6,11H2,1-2H3. The van der Waals surface area contributed by atoms with Crippen molar-refractivity contribution in [3.05, 3.63) is 28.8 Å². The van der Waals surface area contributed by atoms with Crippen LogP contribution in [0, 0.1) is 13.8 Å². The van der Waals surface area contributed by atoms with Gasteiger partial charge in [0.15, 0.2) is 0 Å². The van der Waals surface area contributed by atoms with Gasteiger partial charge in [0.05, 0.1) is 5.69 Å². The quantitative estimate of drug-likeness (QED) is 0.619. The summed E-state index contributed by atoms with van der Waals surface area (Å²) >= 11 is 0. The van der Waals surface area contributed by atoms with E-state index < -0.39 is 0 Å². The summed E-state index contributed by atoms with van der Waals surface area (Å²) in [5.41, 5.74) is 11.9. The van der Waals surface area contributed by atoms with Gasteiger partial charge in [0.1, 0.15) is 0 Å². The normalized spacial score (nSPS) is 10.2. The Balaban J connectivity index is 3.07. The summed E-state index contributed by atoms with van der Waals surface area (Å²) < 4.78 is 0. The lowest BCUT2D eigenvalue weighted by Gasteiger charge is -2.11. The molecule has 0 atom stereocenters. The van der Waals surface area contributed by atoms with Gasteiger partial charge in [-0.25, -0.2) is 0 Å². The fourth-order valence-corrected chi connectivity index (χ4v) is 1.42. The van der Waals surface area contributed by atoms with E-state index in [4.69, 9.17) is 10.9 Å². The molecule has 0 saturated heterocycles. The first-order valence-corrected chi connectivity index (χ1v) is 4.40. The summed E-state index contributed by atoms with van der Waals surface area (Å²) in [4.78, 5) is 0. The van der Waals surface area contributed by atoms with Crippen molar-refractivity contribution in [2.24, 2.45) is 5.73 Å². The lowest BCUT2D eigenvalue weighted by atomic mass is 9.99. The minimum atomic E-state index is 0.659. The zero-order chi connectivity index (χ0) is 9.84. The molecular formula is C10H16N2O. The van der Waals surface area contributed by atoms with Crippen molar-refractivity contribution in [2.45, 2.75) is 20.3 Å². The van der Waals surface area contributed by atoms with E-state index >= 15 is 0 Å². The Bertz CT molecular complexity index is 297. The fraction of sp³-hybridized carbons (Fsp3) is 0.400. The maximum Gasteiger partial charge on any atom is 0.0634 e. The molecule has 0 aromatic heterocycles. The van der Waals surface area contributed by atoms with E-state index in [2.05, 4.69) is 5.48 Å². The lowest BCUT2D eigenvalue weighted by Crippen LogP contribution is -2.05. The highest BCUT2D eigenvalue weighted by Gasteiger charge is 2.04. The predicted octanol–water partition coefficient (Wildman–Crippen LogP) is 1.61.